The van der Waals surface area contributed by atoms with Crippen LogP contribution in [0.4, 0.5) is 0 Å². The van der Waals surface area contributed by atoms with Gasteiger partial charge >= 0.3 is 0 Å². The van der Waals surface area contributed by atoms with E-state index >= 15 is 0 Å². The maximum atomic E-state index is 9.35. The van der Waals surface area contributed by atoms with E-state index in [4.69, 9.17) is 33.1 Å². The molecule has 128 valence electrons. The van der Waals surface area contributed by atoms with Crippen LogP contribution in [0, 0.1) is 0 Å². The Hall–Kier alpha value is -2.37. The average molecular weight is 374 g/mol. The zero-order valence-electron chi connectivity index (χ0n) is 13.3. The Bertz CT molecular complexity index is 797. The molecular weight excluding hydrogens is 358 g/mol. The molecule has 0 spiro atoms. The van der Waals surface area contributed by atoms with Crippen LogP contribution < -0.4 is 0 Å². The molecule has 0 bridgehead atoms. The monoisotopic (exact) mass is 373 g/mol. The summed E-state index contributed by atoms with van der Waals surface area (Å²) in [5.41, 5.74) is 2.04. The van der Waals surface area contributed by atoms with Gasteiger partial charge in [0.05, 0.1) is 0 Å². The Morgan fingerprint density at radius 3 is 2.12 bits per heavy atom. The van der Waals surface area contributed by atoms with Crippen molar-refractivity contribution < 1.29 is 14.4 Å². The number of hydrogen-bond donors (Lipinski definition) is 1. The minimum absolute atomic E-state index is 0.116. The SMILES string of the molecule is Oc1noc(CCC(=S)OC(c2ccccc2)c2ccccc2)c1Cl. The summed E-state index contributed by atoms with van der Waals surface area (Å²) < 4.78 is 11.0. The van der Waals surface area contributed by atoms with Crippen LogP contribution in [0.2, 0.25) is 5.02 Å². The highest BCUT2D eigenvalue weighted by molar-refractivity contribution is 7.80. The first-order valence-corrected chi connectivity index (χ1v) is 8.56. The molecule has 1 heterocycles. The van der Waals surface area contributed by atoms with E-state index in [1.807, 2.05) is 60.7 Å². The third kappa shape index (κ3) is 4.38. The number of nitrogens with zero attached hydrogens (tertiary/aromatic N) is 1. The molecule has 0 amide bonds. The third-order valence-electron chi connectivity index (χ3n) is 3.69. The fourth-order valence-corrected chi connectivity index (χ4v) is 2.81. The van der Waals surface area contributed by atoms with Gasteiger partial charge < -0.3 is 14.4 Å². The van der Waals surface area contributed by atoms with Gasteiger partial charge in [0.15, 0.2) is 10.8 Å². The third-order valence-corrected chi connectivity index (χ3v) is 4.37. The molecule has 0 radical (unpaired) electrons. The molecular formula is C19H16ClNO3S. The Balaban J connectivity index is 1.72. The zero-order chi connectivity index (χ0) is 17.6. The normalized spacial score (nSPS) is 10.8. The van der Waals surface area contributed by atoms with Gasteiger partial charge in [0.2, 0.25) is 0 Å². The van der Waals surface area contributed by atoms with Crippen LogP contribution in [-0.4, -0.2) is 15.3 Å². The van der Waals surface area contributed by atoms with Crippen LogP contribution in [-0.2, 0) is 11.2 Å². The second-order valence-electron chi connectivity index (χ2n) is 5.43. The highest BCUT2D eigenvalue weighted by Gasteiger charge is 2.18. The molecule has 0 aliphatic heterocycles. The summed E-state index contributed by atoms with van der Waals surface area (Å²) in [6.45, 7) is 0. The number of benzene rings is 2. The molecule has 3 aromatic rings. The van der Waals surface area contributed by atoms with Crippen molar-refractivity contribution in [3.8, 4) is 5.88 Å². The van der Waals surface area contributed by atoms with Crippen LogP contribution in [0.1, 0.15) is 29.4 Å². The van der Waals surface area contributed by atoms with Crippen molar-refractivity contribution in [2.24, 2.45) is 0 Å². The van der Waals surface area contributed by atoms with E-state index in [-0.39, 0.29) is 17.0 Å². The second kappa shape index (κ2) is 8.14. The standard InChI is InChI=1S/C19H16ClNO3S/c20-17-15(24-21-19(17)22)11-12-16(25)23-18(13-7-3-1-4-8-13)14-9-5-2-6-10-14/h1-10,18H,11-12H2,(H,21,22). The van der Waals surface area contributed by atoms with E-state index in [0.717, 1.165) is 11.1 Å². The molecule has 25 heavy (non-hydrogen) atoms. The zero-order valence-corrected chi connectivity index (χ0v) is 14.8. The Morgan fingerprint density at radius 2 is 1.64 bits per heavy atom. The summed E-state index contributed by atoms with van der Waals surface area (Å²) in [5.74, 6) is 0.0797. The first kappa shape index (κ1) is 17.5. The second-order valence-corrected chi connectivity index (χ2v) is 6.27. The lowest BCUT2D eigenvalue weighted by atomic mass is 10.0. The van der Waals surface area contributed by atoms with Crippen LogP contribution in [0.3, 0.4) is 0 Å². The highest BCUT2D eigenvalue weighted by atomic mass is 35.5. The van der Waals surface area contributed by atoms with Crippen molar-refractivity contribution in [3.05, 3.63) is 82.6 Å². The number of thiocarbonyl (C=S) groups is 1. The highest BCUT2D eigenvalue weighted by Crippen LogP contribution is 2.29. The summed E-state index contributed by atoms with van der Waals surface area (Å²) in [6.07, 6.45) is 0.551. The van der Waals surface area contributed by atoms with E-state index in [1.54, 1.807) is 0 Å². The van der Waals surface area contributed by atoms with Crippen molar-refractivity contribution in [2.75, 3.05) is 0 Å². The molecule has 1 N–H and O–H groups in total. The molecule has 3 rings (SSSR count). The van der Waals surface area contributed by atoms with Crippen LogP contribution in [0.5, 0.6) is 5.88 Å². The first-order valence-electron chi connectivity index (χ1n) is 7.77. The lowest BCUT2D eigenvalue weighted by molar-refractivity contribution is 0.232. The minimum Gasteiger partial charge on any atom is -0.490 e. The predicted molar refractivity (Wildman–Crippen MR) is 99.9 cm³/mol. The number of rotatable bonds is 6. The summed E-state index contributed by atoms with van der Waals surface area (Å²) in [7, 11) is 0. The average Bonchev–Trinajstić information content (AvgIpc) is 2.98. The smallest absolute Gasteiger partial charge is 0.270 e. The van der Waals surface area contributed by atoms with Gasteiger partial charge in [0.1, 0.15) is 11.1 Å². The summed E-state index contributed by atoms with van der Waals surface area (Å²) in [4.78, 5) is 0. The number of aromatic hydroxyl groups is 1. The molecule has 1 aromatic heterocycles. The fourth-order valence-electron chi connectivity index (χ4n) is 2.45. The van der Waals surface area contributed by atoms with Gasteiger partial charge in [-0.3, -0.25) is 0 Å². The molecule has 4 nitrogen and oxygen atoms in total. The van der Waals surface area contributed by atoms with Gasteiger partial charge in [-0.25, -0.2) is 0 Å². The van der Waals surface area contributed by atoms with E-state index in [2.05, 4.69) is 5.16 Å². The lowest BCUT2D eigenvalue weighted by Gasteiger charge is -2.20. The Labute approximate surface area is 156 Å². The minimum atomic E-state index is -0.310. The summed E-state index contributed by atoms with van der Waals surface area (Å²) in [5, 5.41) is 13.3. The molecule has 0 aliphatic carbocycles. The molecule has 6 heteroatoms. The van der Waals surface area contributed by atoms with E-state index in [1.165, 1.54) is 0 Å². The Morgan fingerprint density at radius 1 is 1.08 bits per heavy atom. The van der Waals surface area contributed by atoms with Crippen molar-refractivity contribution >= 4 is 28.9 Å². The van der Waals surface area contributed by atoms with Crippen LogP contribution in [0.25, 0.3) is 0 Å². The summed E-state index contributed by atoms with van der Waals surface area (Å²) >= 11 is 11.3. The van der Waals surface area contributed by atoms with Gasteiger partial charge in [-0.1, -0.05) is 72.3 Å². The summed E-state index contributed by atoms with van der Waals surface area (Å²) in [6, 6.07) is 19.8. The van der Waals surface area contributed by atoms with Gasteiger partial charge in [-0.2, -0.15) is 0 Å². The van der Waals surface area contributed by atoms with Gasteiger partial charge in [-0.15, -0.1) is 0 Å². The number of aryl methyl sites for hydroxylation is 1. The number of hydrogen-bond acceptors (Lipinski definition) is 5. The predicted octanol–water partition coefficient (Wildman–Crippen LogP) is 5.10. The topological polar surface area (TPSA) is 55.5 Å². The molecule has 0 aliphatic rings. The Kier molecular flexibility index (Phi) is 5.68. The van der Waals surface area contributed by atoms with E-state index in [9.17, 15) is 5.11 Å². The largest absolute Gasteiger partial charge is 0.490 e. The van der Waals surface area contributed by atoms with Crippen molar-refractivity contribution in [3.63, 3.8) is 0 Å². The quantitative estimate of drug-likeness (QED) is 0.609. The van der Waals surface area contributed by atoms with Gasteiger partial charge in [0, 0.05) is 12.8 Å². The van der Waals surface area contributed by atoms with Crippen LogP contribution >= 0.6 is 23.8 Å². The molecule has 2 aromatic carbocycles. The number of halogens is 1. The van der Waals surface area contributed by atoms with Crippen molar-refractivity contribution in [1.29, 1.82) is 0 Å². The van der Waals surface area contributed by atoms with Crippen LogP contribution in [0.15, 0.2) is 65.2 Å². The van der Waals surface area contributed by atoms with Gasteiger partial charge in [-0.05, 0) is 28.5 Å². The molecule has 0 saturated heterocycles. The van der Waals surface area contributed by atoms with Gasteiger partial charge in [0.25, 0.3) is 5.88 Å². The molecule has 0 atom stereocenters. The molecule has 0 unspecified atom stereocenters. The van der Waals surface area contributed by atoms with Crippen molar-refractivity contribution in [2.45, 2.75) is 18.9 Å². The lowest BCUT2D eigenvalue weighted by Crippen LogP contribution is -2.12. The first-order chi connectivity index (χ1) is 12.1. The maximum Gasteiger partial charge on any atom is 0.270 e. The van der Waals surface area contributed by atoms with E-state index < -0.39 is 0 Å². The number of aromatic nitrogens is 1. The fraction of sp³-hybridized carbons (Fsp3) is 0.158. The molecule has 0 saturated carbocycles. The van der Waals surface area contributed by atoms with E-state index in [0.29, 0.717) is 23.7 Å². The molecule has 0 fully saturated rings. The van der Waals surface area contributed by atoms with Crippen molar-refractivity contribution in [1.82, 2.24) is 5.16 Å². The number of ether oxygens (including phenoxy) is 1. The maximum absolute atomic E-state index is 9.35.